The number of amides is 4. The minimum Gasteiger partial charge on any atom is -0.352 e. The maximum Gasteiger partial charge on any atom is 0.320 e. The highest BCUT2D eigenvalue weighted by Crippen LogP contribution is 2.13. The number of hydrogen-bond acceptors (Lipinski definition) is 4. The van der Waals surface area contributed by atoms with Crippen molar-refractivity contribution >= 4 is 23.7 Å². The fourth-order valence-electron chi connectivity index (χ4n) is 2.39. The fourth-order valence-corrected chi connectivity index (χ4v) is 2.39. The van der Waals surface area contributed by atoms with Crippen LogP contribution in [0.3, 0.4) is 0 Å². The molecule has 1 aromatic heterocycles. The van der Waals surface area contributed by atoms with Gasteiger partial charge in [0.2, 0.25) is 11.8 Å². The number of anilines is 1. The monoisotopic (exact) mass is 370 g/mol. The lowest BCUT2D eigenvalue weighted by molar-refractivity contribution is -0.131. The summed E-state index contributed by atoms with van der Waals surface area (Å²) in [6.45, 7) is -0.810. The van der Waals surface area contributed by atoms with Crippen molar-refractivity contribution in [1.82, 2.24) is 15.6 Å². The number of rotatable bonds is 8. The van der Waals surface area contributed by atoms with Crippen LogP contribution in [0.5, 0.6) is 0 Å². The maximum absolute atomic E-state index is 12.5. The molecule has 2 rings (SSSR count). The van der Waals surface area contributed by atoms with E-state index in [4.69, 9.17) is 5.73 Å². The molecule has 0 saturated heterocycles. The van der Waals surface area contributed by atoms with Crippen LogP contribution in [0.4, 0.5) is 10.6 Å². The molecule has 4 amide bonds. The van der Waals surface area contributed by atoms with Crippen molar-refractivity contribution < 1.29 is 19.5 Å². The number of pyridine rings is 1. The molecule has 4 N–H and O–H groups in total. The number of benzene rings is 1. The first-order valence-corrected chi connectivity index (χ1v) is 8.21. The maximum atomic E-state index is 12.5. The van der Waals surface area contributed by atoms with Crippen LogP contribution in [0.25, 0.3) is 0 Å². The molecule has 1 heterocycles. The van der Waals surface area contributed by atoms with Gasteiger partial charge in [0, 0.05) is 19.3 Å². The molecule has 9 nitrogen and oxygen atoms in total. The molecule has 9 heteroatoms. The lowest BCUT2D eigenvalue weighted by Crippen LogP contribution is -2.45. The van der Waals surface area contributed by atoms with Crippen LogP contribution < -0.4 is 21.3 Å². The Morgan fingerprint density at radius 2 is 1.78 bits per heavy atom. The van der Waals surface area contributed by atoms with Crippen LogP contribution in [0.1, 0.15) is 11.6 Å². The van der Waals surface area contributed by atoms with Crippen LogP contribution in [-0.4, -0.2) is 42.5 Å². The number of aromatic nitrogens is 1. The quantitative estimate of drug-likeness (QED) is 0.618. The molecule has 141 valence electrons. The third kappa shape index (κ3) is 5.79. The molecule has 0 unspecified atom stereocenters. The second kappa shape index (κ2) is 9.88. The second-order valence-corrected chi connectivity index (χ2v) is 5.52. The van der Waals surface area contributed by atoms with Crippen molar-refractivity contribution in [2.75, 3.05) is 24.6 Å². The summed E-state index contributed by atoms with van der Waals surface area (Å²) in [5.41, 5.74) is 5.90. The molecule has 1 radical (unpaired) electrons. The average Bonchev–Trinajstić information content (AvgIpc) is 2.70. The number of carbonyl (C=O) groups excluding carboxylic acids is 3. The molecule has 2 aromatic rings. The van der Waals surface area contributed by atoms with Crippen molar-refractivity contribution in [1.29, 1.82) is 0 Å². The van der Waals surface area contributed by atoms with Gasteiger partial charge in [0.15, 0.2) is 6.61 Å². The van der Waals surface area contributed by atoms with Crippen molar-refractivity contribution in [3.05, 3.63) is 60.3 Å². The number of nitrogens with zero attached hydrogens (tertiary/aromatic N) is 2. The number of urea groups is 1. The number of nitrogens with two attached hydrogens (primary N) is 1. The Hall–Kier alpha value is -3.46. The highest BCUT2D eigenvalue weighted by molar-refractivity contribution is 5.90. The van der Waals surface area contributed by atoms with Crippen molar-refractivity contribution in [3.63, 3.8) is 0 Å². The van der Waals surface area contributed by atoms with Gasteiger partial charge in [0.25, 0.3) is 0 Å². The standard InChI is InChI=1S/C18H20N5O4/c19-18(27)23(14-8-4-5-9-20-14)11-10-21-17(26)16(22-15(25)12-24)13-6-2-1-3-7-13/h1-9,16H,10-12H2,(H2,19,27)(H,21,26)(H,22,25)/t16-/m1/s1. The molecule has 1 atom stereocenters. The number of hydrogen-bond donors (Lipinski definition) is 3. The minimum absolute atomic E-state index is 0.0783. The zero-order valence-electron chi connectivity index (χ0n) is 14.5. The van der Waals surface area contributed by atoms with Crippen molar-refractivity contribution in [3.8, 4) is 0 Å². The van der Waals surface area contributed by atoms with E-state index in [1.54, 1.807) is 48.5 Å². The van der Waals surface area contributed by atoms with Crippen LogP contribution in [0.15, 0.2) is 54.7 Å². The normalized spacial score (nSPS) is 11.3. The Labute approximate surface area is 156 Å². The van der Waals surface area contributed by atoms with Gasteiger partial charge in [-0.1, -0.05) is 36.4 Å². The number of nitrogens with one attached hydrogen (secondary N) is 2. The van der Waals surface area contributed by atoms with Gasteiger partial charge in [-0.15, -0.1) is 0 Å². The van der Waals surface area contributed by atoms with Crippen LogP contribution in [-0.2, 0) is 14.7 Å². The third-order valence-electron chi connectivity index (χ3n) is 3.66. The van der Waals surface area contributed by atoms with Gasteiger partial charge in [-0.25, -0.2) is 14.9 Å². The molecule has 0 saturated carbocycles. The summed E-state index contributed by atoms with van der Waals surface area (Å²) in [6, 6.07) is 11.8. The summed E-state index contributed by atoms with van der Waals surface area (Å²) < 4.78 is 0. The Morgan fingerprint density at radius 3 is 2.37 bits per heavy atom. The Kier molecular flexibility index (Phi) is 7.26. The van der Waals surface area contributed by atoms with Gasteiger partial charge in [-0.2, -0.15) is 0 Å². The fraction of sp³-hybridized carbons (Fsp3) is 0.222. The molecular formula is C18H20N5O4. The summed E-state index contributed by atoms with van der Waals surface area (Å²) in [5, 5.41) is 15.8. The van der Waals surface area contributed by atoms with Crippen LogP contribution in [0, 0.1) is 0 Å². The van der Waals surface area contributed by atoms with Gasteiger partial charge in [0.1, 0.15) is 11.9 Å². The zero-order valence-corrected chi connectivity index (χ0v) is 14.5. The largest absolute Gasteiger partial charge is 0.352 e. The van der Waals surface area contributed by atoms with Crippen LogP contribution >= 0.6 is 0 Å². The molecular weight excluding hydrogens is 350 g/mol. The first-order valence-electron chi connectivity index (χ1n) is 8.21. The van der Waals surface area contributed by atoms with E-state index >= 15 is 0 Å². The Morgan fingerprint density at radius 1 is 1.07 bits per heavy atom. The van der Waals surface area contributed by atoms with E-state index in [2.05, 4.69) is 15.6 Å². The predicted molar refractivity (Wildman–Crippen MR) is 97.1 cm³/mol. The third-order valence-corrected chi connectivity index (χ3v) is 3.66. The van der Waals surface area contributed by atoms with E-state index < -0.39 is 30.5 Å². The SMILES string of the molecule is NC(=O)N(CCNC(=O)[C@H](NC(=O)C[O])c1ccccc1)c1ccccn1. The molecule has 0 aliphatic carbocycles. The zero-order chi connectivity index (χ0) is 19.6. The Balaban J connectivity index is 2.02. The highest BCUT2D eigenvalue weighted by Gasteiger charge is 2.23. The van der Waals surface area contributed by atoms with Gasteiger partial charge in [-0.3, -0.25) is 14.5 Å². The van der Waals surface area contributed by atoms with E-state index in [1.807, 2.05) is 0 Å². The summed E-state index contributed by atoms with van der Waals surface area (Å²) in [4.78, 5) is 40.9. The molecule has 0 fully saturated rings. The van der Waals surface area contributed by atoms with Gasteiger partial charge >= 0.3 is 6.03 Å². The van der Waals surface area contributed by atoms with Crippen molar-refractivity contribution in [2.45, 2.75) is 6.04 Å². The Bertz CT molecular complexity index is 770. The number of carbonyl (C=O) groups is 3. The summed E-state index contributed by atoms with van der Waals surface area (Å²) in [7, 11) is 0. The van der Waals surface area contributed by atoms with Crippen LogP contribution in [0.2, 0.25) is 0 Å². The van der Waals surface area contributed by atoms with Gasteiger partial charge in [0.05, 0.1) is 0 Å². The lowest BCUT2D eigenvalue weighted by Gasteiger charge is -2.21. The van der Waals surface area contributed by atoms with Gasteiger partial charge < -0.3 is 16.4 Å². The first-order chi connectivity index (χ1) is 13.0. The smallest absolute Gasteiger partial charge is 0.320 e. The molecule has 0 aliphatic heterocycles. The molecule has 1 aromatic carbocycles. The van der Waals surface area contributed by atoms with E-state index in [1.165, 1.54) is 11.1 Å². The number of primary amides is 1. The van der Waals surface area contributed by atoms with E-state index in [9.17, 15) is 19.5 Å². The summed E-state index contributed by atoms with van der Waals surface area (Å²) in [5.74, 6) is -0.932. The second-order valence-electron chi connectivity index (χ2n) is 5.52. The summed E-state index contributed by atoms with van der Waals surface area (Å²) >= 11 is 0. The molecule has 0 bridgehead atoms. The summed E-state index contributed by atoms with van der Waals surface area (Å²) in [6.07, 6.45) is 1.52. The van der Waals surface area contributed by atoms with E-state index in [0.29, 0.717) is 11.4 Å². The average molecular weight is 370 g/mol. The molecule has 0 spiro atoms. The highest BCUT2D eigenvalue weighted by atomic mass is 16.3. The molecule has 0 aliphatic rings. The lowest BCUT2D eigenvalue weighted by atomic mass is 10.1. The van der Waals surface area contributed by atoms with Gasteiger partial charge in [-0.05, 0) is 17.7 Å². The molecule has 27 heavy (non-hydrogen) atoms. The first kappa shape index (κ1) is 19.9. The predicted octanol–water partition coefficient (Wildman–Crippen LogP) is 0.371. The van der Waals surface area contributed by atoms with E-state index in [0.717, 1.165) is 0 Å². The minimum atomic E-state index is -1.01. The van der Waals surface area contributed by atoms with Crippen molar-refractivity contribution in [2.24, 2.45) is 5.73 Å². The van der Waals surface area contributed by atoms with E-state index in [-0.39, 0.29) is 13.1 Å². The topological polar surface area (TPSA) is 137 Å².